The molecule has 5 nitrogen and oxygen atoms in total. The van der Waals surface area contributed by atoms with Gasteiger partial charge in [0.25, 0.3) is 0 Å². The molecule has 0 amide bonds. The summed E-state index contributed by atoms with van der Waals surface area (Å²) in [6.07, 6.45) is 2.99. The van der Waals surface area contributed by atoms with E-state index in [0.717, 1.165) is 24.5 Å². The molecule has 1 heterocycles. The smallest absolute Gasteiger partial charge is 0.358 e. The van der Waals surface area contributed by atoms with Crippen LogP contribution in [-0.4, -0.2) is 36.1 Å². The number of hydrogen-bond acceptors (Lipinski definition) is 5. The van der Waals surface area contributed by atoms with Gasteiger partial charge in [-0.1, -0.05) is 12.2 Å². The van der Waals surface area contributed by atoms with Crippen LogP contribution in [0.25, 0.3) is 0 Å². The predicted molar refractivity (Wildman–Crippen MR) is 66.1 cm³/mol. The minimum absolute atomic E-state index is 0.211. The van der Waals surface area contributed by atoms with Gasteiger partial charge in [-0.15, -0.1) is 0 Å². The SMILES string of the molecule is C=C(C)CN(CC)c1cnc(C(=O)OC)cn1. The molecule has 0 saturated carbocycles. The molecule has 17 heavy (non-hydrogen) atoms. The number of carbonyl (C=O) groups is 1. The number of carbonyl (C=O) groups excluding carboxylic acids is 1. The number of esters is 1. The molecule has 0 aliphatic rings. The van der Waals surface area contributed by atoms with Crippen LogP contribution in [0.5, 0.6) is 0 Å². The number of aromatic nitrogens is 2. The summed E-state index contributed by atoms with van der Waals surface area (Å²) in [4.78, 5) is 21.4. The highest BCUT2D eigenvalue weighted by Gasteiger charge is 2.10. The van der Waals surface area contributed by atoms with Gasteiger partial charge in [0, 0.05) is 13.1 Å². The highest BCUT2D eigenvalue weighted by atomic mass is 16.5. The Hall–Kier alpha value is -1.91. The first-order chi connectivity index (χ1) is 8.08. The first-order valence-electron chi connectivity index (χ1n) is 5.38. The quantitative estimate of drug-likeness (QED) is 0.574. The second kappa shape index (κ2) is 5.98. The van der Waals surface area contributed by atoms with Gasteiger partial charge in [-0.05, 0) is 13.8 Å². The van der Waals surface area contributed by atoms with Crippen molar-refractivity contribution in [3.8, 4) is 0 Å². The summed E-state index contributed by atoms with van der Waals surface area (Å²) in [6, 6.07) is 0. The molecule has 0 aliphatic heterocycles. The van der Waals surface area contributed by atoms with Gasteiger partial charge in [0.05, 0.1) is 19.5 Å². The van der Waals surface area contributed by atoms with Crippen molar-refractivity contribution in [1.82, 2.24) is 9.97 Å². The van der Waals surface area contributed by atoms with Crippen molar-refractivity contribution in [3.05, 3.63) is 30.2 Å². The van der Waals surface area contributed by atoms with Crippen LogP contribution in [0.2, 0.25) is 0 Å². The Morgan fingerprint density at radius 2 is 2.18 bits per heavy atom. The summed E-state index contributed by atoms with van der Waals surface area (Å²) in [6.45, 7) is 9.38. The van der Waals surface area contributed by atoms with Gasteiger partial charge in [-0.3, -0.25) is 0 Å². The van der Waals surface area contributed by atoms with E-state index in [1.165, 1.54) is 13.3 Å². The lowest BCUT2D eigenvalue weighted by Gasteiger charge is -2.21. The molecule has 0 saturated heterocycles. The highest BCUT2D eigenvalue weighted by Crippen LogP contribution is 2.10. The van der Waals surface area contributed by atoms with Gasteiger partial charge in [0.2, 0.25) is 0 Å². The van der Waals surface area contributed by atoms with Crippen molar-refractivity contribution in [2.75, 3.05) is 25.1 Å². The highest BCUT2D eigenvalue weighted by molar-refractivity contribution is 5.86. The number of rotatable bonds is 5. The number of nitrogens with zero attached hydrogens (tertiary/aromatic N) is 3. The molecule has 1 aromatic rings. The van der Waals surface area contributed by atoms with Gasteiger partial charge in [-0.2, -0.15) is 0 Å². The third-order valence-corrected chi connectivity index (χ3v) is 2.20. The van der Waals surface area contributed by atoms with Gasteiger partial charge in [0.1, 0.15) is 5.82 Å². The van der Waals surface area contributed by atoms with E-state index in [4.69, 9.17) is 0 Å². The maximum atomic E-state index is 11.2. The molecule has 5 heteroatoms. The average molecular weight is 235 g/mol. The lowest BCUT2D eigenvalue weighted by molar-refractivity contribution is 0.0593. The summed E-state index contributed by atoms with van der Waals surface area (Å²) < 4.78 is 4.56. The molecule has 0 spiro atoms. The molecule has 0 unspecified atom stereocenters. The van der Waals surface area contributed by atoms with Gasteiger partial charge < -0.3 is 9.64 Å². The Kier molecular flexibility index (Phi) is 4.63. The molecule has 0 fully saturated rings. The fourth-order valence-electron chi connectivity index (χ4n) is 1.38. The summed E-state index contributed by atoms with van der Waals surface area (Å²) in [5.41, 5.74) is 1.26. The first kappa shape index (κ1) is 13.2. The van der Waals surface area contributed by atoms with Gasteiger partial charge >= 0.3 is 5.97 Å². The van der Waals surface area contributed by atoms with E-state index in [1.807, 2.05) is 18.7 Å². The topological polar surface area (TPSA) is 55.3 Å². The third kappa shape index (κ3) is 3.55. The van der Waals surface area contributed by atoms with Crippen LogP contribution in [0.3, 0.4) is 0 Å². The molecule has 0 bridgehead atoms. The predicted octanol–water partition coefficient (Wildman–Crippen LogP) is 1.67. The Balaban J connectivity index is 2.84. The van der Waals surface area contributed by atoms with Crippen molar-refractivity contribution in [3.63, 3.8) is 0 Å². The third-order valence-electron chi connectivity index (χ3n) is 2.20. The zero-order valence-corrected chi connectivity index (χ0v) is 10.4. The number of likely N-dealkylation sites (N-methyl/N-ethyl adjacent to an activating group) is 1. The van der Waals surface area contributed by atoms with Crippen molar-refractivity contribution in [2.24, 2.45) is 0 Å². The van der Waals surface area contributed by atoms with E-state index in [9.17, 15) is 4.79 Å². The van der Waals surface area contributed by atoms with Crippen LogP contribution in [0, 0.1) is 0 Å². The van der Waals surface area contributed by atoms with E-state index in [2.05, 4.69) is 21.3 Å². The monoisotopic (exact) mass is 235 g/mol. The maximum Gasteiger partial charge on any atom is 0.358 e. The second-order valence-corrected chi connectivity index (χ2v) is 3.72. The van der Waals surface area contributed by atoms with Crippen LogP contribution in [0.1, 0.15) is 24.3 Å². The fourth-order valence-corrected chi connectivity index (χ4v) is 1.38. The Morgan fingerprint density at radius 3 is 2.59 bits per heavy atom. The number of methoxy groups -OCH3 is 1. The lowest BCUT2D eigenvalue weighted by Crippen LogP contribution is -2.25. The Labute approximate surface area is 101 Å². The van der Waals surface area contributed by atoms with E-state index in [1.54, 1.807) is 6.20 Å². The molecule has 1 rings (SSSR count). The van der Waals surface area contributed by atoms with Gasteiger partial charge in [0.15, 0.2) is 5.69 Å². The molecule has 92 valence electrons. The van der Waals surface area contributed by atoms with Crippen molar-refractivity contribution < 1.29 is 9.53 Å². The van der Waals surface area contributed by atoms with E-state index in [0.29, 0.717) is 0 Å². The first-order valence-corrected chi connectivity index (χ1v) is 5.38. The zero-order chi connectivity index (χ0) is 12.8. The fraction of sp³-hybridized carbons (Fsp3) is 0.417. The van der Waals surface area contributed by atoms with Crippen LogP contribution >= 0.6 is 0 Å². The molecule has 0 N–H and O–H groups in total. The minimum Gasteiger partial charge on any atom is -0.464 e. The van der Waals surface area contributed by atoms with Crippen LogP contribution in [0.15, 0.2) is 24.5 Å². The summed E-state index contributed by atoms with van der Waals surface area (Å²) in [5.74, 6) is 0.246. The van der Waals surface area contributed by atoms with E-state index < -0.39 is 5.97 Å². The van der Waals surface area contributed by atoms with E-state index in [-0.39, 0.29) is 5.69 Å². The van der Waals surface area contributed by atoms with Gasteiger partial charge in [-0.25, -0.2) is 14.8 Å². The average Bonchev–Trinajstić information content (AvgIpc) is 2.35. The molecule has 0 aliphatic carbocycles. The zero-order valence-electron chi connectivity index (χ0n) is 10.4. The molecule has 0 atom stereocenters. The maximum absolute atomic E-state index is 11.2. The molecular formula is C12H17N3O2. The number of hydrogen-bond donors (Lipinski definition) is 0. The minimum atomic E-state index is -0.480. The number of ether oxygens (including phenoxy) is 1. The van der Waals surface area contributed by atoms with Crippen molar-refractivity contribution >= 4 is 11.8 Å². The Bertz CT molecular complexity index is 401. The molecule has 0 radical (unpaired) electrons. The largest absolute Gasteiger partial charge is 0.464 e. The van der Waals surface area contributed by atoms with Crippen molar-refractivity contribution in [2.45, 2.75) is 13.8 Å². The van der Waals surface area contributed by atoms with Crippen LogP contribution in [0.4, 0.5) is 5.82 Å². The molecule has 1 aromatic heterocycles. The normalized spacial score (nSPS) is 9.82. The van der Waals surface area contributed by atoms with Crippen LogP contribution < -0.4 is 4.90 Å². The molecular weight excluding hydrogens is 218 g/mol. The summed E-state index contributed by atoms with van der Waals surface area (Å²) >= 11 is 0. The molecule has 0 aromatic carbocycles. The standard InChI is InChI=1S/C12H17N3O2/c1-5-15(8-9(2)3)11-7-13-10(6-14-11)12(16)17-4/h6-7H,2,5,8H2,1,3-4H3. The van der Waals surface area contributed by atoms with Crippen LogP contribution in [-0.2, 0) is 4.74 Å². The van der Waals surface area contributed by atoms with Crippen molar-refractivity contribution in [1.29, 1.82) is 0 Å². The second-order valence-electron chi connectivity index (χ2n) is 3.72. The lowest BCUT2D eigenvalue weighted by atomic mass is 10.3. The Morgan fingerprint density at radius 1 is 1.47 bits per heavy atom. The number of anilines is 1. The van der Waals surface area contributed by atoms with E-state index >= 15 is 0 Å². The summed E-state index contributed by atoms with van der Waals surface area (Å²) in [7, 11) is 1.32. The summed E-state index contributed by atoms with van der Waals surface area (Å²) in [5, 5.41) is 0.